The van der Waals surface area contributed by atoms with Crippen molar-refractivity contribution in [3.8, 4) is 0 Å². The van der Waals surface area contributed by atoms with E-state index < -0.39 is 17.7 Å². The summed E-state index contributed by atoms with van der Waals surface area (Å²) in [5.41, 5.74) is 0.161. The van der Waals surface area contributed by atoms with Gasteiger partial charge in [-0.1, -0.05) is 27.7 Å². The van der Waals surface area contributed by atoms with Gasteiger partial charge in [-0.15, -0.1) is 0 Å². The van der Waals surface area contributed by atoms with Crippen LogP contribution < -0.4 is 0 Å². The number of carbonyl (C=O) groups excluding carboxylic acids is 2. The Labute approximate surface area is 130 Å². The van der Waals surface area contributed by atoms with E-state index in [1.807, 2.05) is 27.7 Å². The van der Waals surface area contributed by atoms with Crippen molar-refractivity contribution in [3.05, 3.63) is 35.5 Å². The van der Waals surface area contributed by atoms with Gasteiger partial charge in [0.2, 0.25) is 0 Å². The standard InChI is InChI=1S/C17H23NO4/c1-10(2)8-12(19)14-15(13-6-5-7-22-13)18(9-11(3)4)17(21)16(14)20/h5-7,10-11,15,20H,8-9H2,1-4H3. The Hall–Kier alpha value is -2.04. The summed E-state index contributed by atoms with van der Waals surface area (Å²) in [6.45, 7) is 8.28. The Kier molecular flexibility index (Phi) is 4.74. The Balaban J connectivity index is 2.43. The number of rotatable bonds is 6. The van der Waals surface area contributed by atoms with E-state index >= 15 is 0 Å². The highest BCUT2D eigenvalue weighted by Crippen LogP contribution is 2.39. The van der Waals surface area contributed by atoms with Crippen molar-refractivity contribution >= 4 is 11.7 Å². The van der Waals surface area contributed by atoms with Crippen LogP contribution in [0.15, 0.2) is 34.1 Å². The summed E-state index contributed by atoms with van der Waals surface area (Å²) in [5, 5.41) is 10.2. The van der Waals surface area contributed by atoms with Gasteiger partial charge < -0.3 is 14.4 Å². The molecular formula is C17H23NO4. The van der Waals surface area contributed by atoms with Gasteiger partial charge in [-0.3, -0.25) is 9.59 Å². The maximum atomic E-state index is 12.5. The van der Waals surface area contributed by atoms with Crippen molar-refractivity contribution in [3.63, 3.8) is 0 Å². The Morgan fingerprint density at radius 3 is 2.50 bits per heavy atom. The van der Waals surface area contributed by atoms with E-state index in [-0.39, 0.29) is 23.2 Å². The maximum Gasteiger partial charge on any atom is 0.290 e. The van der Waals surface area contributed by atoms with Gasteiger partial charge in [-0.25, -0.2) is 0 Å². The molecule has 0 fully saturated rings. The molecule has 1 N–H and O–H groups in total. The zero-order chi connectivity index (χ0) is 16.4. The van der Waals surface area contributed by atoms with Crippen LogP contribution in [0.25, 0.3) is 0 Å². The average Bonchev–Trinajstić information content (AvgIpc) is 2.99. The summed E-state index contributed by atoms with van der Waals surface area (Å²) in [6.07, 6.45) is 1.80. The zero-order valence-corrected chi connectivity index (χ0v) is 13.5. The SMILES string of the molecule is CC(C)CC(=O)C1=C(O)C(=O)N(CC(C)C)C1c1ccco1. The molecule has 2 heterocycles. The number of aliphatic hydroxyl groups excluding tert-OH is 1. The highest BCUT2D eigenvalue weighted by atomic mass is 16.3. The Morgan fingerprint density at radius 1 is 1.32 bits per heavy atom. The van der Waals surface area contributed by atoms with Crippen LogP contribution >= 0.6 is 0 Å². The lowest BCUT2D eigenvalue weighted by Crippen LogP contribution is -2.34. The lowest BCUT2D eigenvalue weighted by atomic mass is 9.95. The molecule has 0 bridgehead atoms. The van der Waals surface area contributed by atoms with Crippen molar-refractivity contribution in [1.82, 2.24) is 4.90 Å². The van der Waals surface area contributed by atoms with Crippen LogP contribution in [0, 0.1) is 11.8 Å². The molecule has 1 amide bonds. The van der Waals surface area contributed by atoms with Crippen LogP contribution in [0.4, 0.5) is 0 Å². The first-order chi connectivity index (χ1) is 10.3. The minimum atomic E-state index is -0.629. The Bertz CT molecular complexity index is 584. The van der Waals surface area contributed by atoms with Gasteiger partial charge in [0.15, 0.2) is 11.5 Å². The van der Waals surface area contributed by atoms with Gasteiger partial charge in [-0.2, -0.15) is 0 Å². The van der Waals surface area contributed by atoms with E-state index in [9.17, 15) is 14.7 Å². The van der Waals surface area contributed by atoms with Gasteiger partial charge in [-0.05, 0) is 24.0 Å². The van der Waals surface area contributed by atoms with E-state index in [2.05, 4.69) is 0 Å². The molecule has 0 saturated heterocycles. The van der Waals surface area contributed by atoms with Gasteiger partial charge in [0.05, 0.1) is 11.8 Å². The van der Waals surface area contributed by atoms with Gasteiger partial charge >= 0.3 is 0 Å². The molecule has 0 spiro atoms. The molecular weight excluding hydrogens is 282 g/mol. The fourth-order valence-corrected chi connectivity index (χ4v) is 2.74. The molecule has 22 heavy (non-hydrogen) atoms. The fraction of sp³-hybridized carbons (Fsp3) is 0.529. The third-order valence-electron chi connectivity index (χ3n) is 3.57. The van der Waals surface area contributed by atoms with Crippen LogP contribution in [0.2, 0.25) is 0 Å². The molecule has 1 aromatic heterocycles. The number of hydrogen-bond acceptors (Lipinski definition) is 4. The van der Waals surface area contributed by atoms with Gasteiger partial charge in [0.25, 0.3) is 5.91 Å². The first kappa shape index (κ1) is 16.3. The fourth-order valence-electron chi connectivity index (χ4n) is 2.74. The molecule has 5 nitrogen and oxygen atoms in total. The molecule has 0 aliphatic carbocycles. The van der Waals surface area contributed by atoms with Crippen molar-refractivity contribution in [2.24, 2.45) is 11.8 Å². The Morgan fingerprint density at radius 2 is 2.00 bits per heavy atom. The first-order valence-electron chi connectivity index (χ1n) is 7.63. The minimum absolute atomic E-state index is 0.152. The summed E-state index contributed by atoms with van der Waals surface area (Å²) in [7, 11) is 0. The summed E-state index contributed by atoms with van der Waals surface area (Å²) in [4.78, 5) is 26.4. The van der Waals surface area contributed by atoms with Crippen LogP contribution in [-0.4, -0.2) is 28.2 Å². The predicted molar refractivity (Wildman–Crippen MR) is 82.1 cm³/mol. The van der Waals surface area contributed by atoms with Gasteiger partial charge in [0, 0.05) is 13.0 Å². The van der Waals surface area contributed by atoms with E-state index in [0.717, 1.165) is 0 Å². The predicted octanol–water partition coefficient (Wildman–Crippen LogP) is 3.25. The minimum Gasteiger partial charge on any atom is -0.503 e. The molecule has 0 aromatic carbocycles. The topological polar surface area (TPSA) is 70.8 Å². The summed E-state index contributed by atoms with van der Waals surface area (Å²) in [5.74, 6) is -0.262. The number of Topliss-reactive ketones (excluding diaryl/α,β-unsaturated/α-hetero) is 1. The molecule has 1 aliphatic rings. The second-order valence-electron chi connectivity index (χ2n) is 6.55. The maximum absolute atomic E-state index is 12.5. The molecule has 1 aromatic rings. The summed E-state index contributed by atoms with van der Waals surface area (Å²) in [6, 6.07) is 2.82. The molecule has 1 atom stereocenters. The molecule has 0 radical (unpaired) electrons. The lowest BCUT2D eigenvalue weighted by molar-refractivity contribution is -0.130. The zero-order valence-electron chi connectivity index (χ0n) is 13.5. The van der Waals surface area contributed by atoms with Crippen LogP contribution in [0.1, 0.15) is 45.9 Å². The number of nitrogens with zero attached hydrogens (tertiary/aromatic N) is 1. The quantitative estimate of drug-likeness (QED) is 0.875. The van der Waals surface area contributed by atoms with Crippen molar-refractivity contribution in [2.75, 3.05) is 6.54 Å². The largest absolute Gasteiger partial charge is 0.503 e. The summed E-state index contributed by atoms with van der Waals surface area (Å²) >= 11 is 0. The second-order valence-corrected chi connectivity index (χ2v) is 6.55. The van der Waals surface area contributed by atoms with E-state index in [1.54, 1.807) is 12.1 Å². The second kappa shape index (κ2) is 6.38. The highest BCUT2D eigenvalue weighted by Gasteiger charge is 2.44. The van der Waals surface area contributed by atoms with E-state index in [1.165, 1.54) is 11.2 Å². The average molecular weight is 305 g/mol. The molecule has 0 saturated carbocycles. The molecule has 120 valence electrons. The number of ketones is 1. The van der Waals surface area contributed by atoms with Crippen LogP contribution in [-0.2, 0) is 9.59 Å². The number of carbonyl (C=O) groups is 2. The normalized spacial score (nSPS) is 18.9. The molecule has 2 rings (SSSR count). The van der Waals surface area contributed by atoms with Gasteiger partial charge in [0.1, 0.15) is 11.8 Å². The number of hydrogen-bond donors (Lipinski definition) is 1. The van der Waals surface area contributed by atoms with Crippen molar-refractivity contribution in [2.45, 2.75) is 40.2 Å². The number of amides is 1. The smallest absolute Gasteiger partial charge is 0.290 e. The van der Waals surface area contributed by atoms with Crippen LogP contribution in [0.3, 0.4) is 0 Å². The molecule has 1 unspecified atom stereocenters. The first-order valence-corrected chi connectivity index (χ1v) is 7.63. The van der Waals surface area contributed by atoms with E-state index in [0.29, 0.717) is 18.7 Å². The van der Waals surface area contributed by atoms with Crippen molar-refractivity contribution < 1.29 is 19.1 Å². The van der Waals surface area contributed by atoms with E-state index in [4.69, 9.17) is 4.42 Å². The van der Waals surface area contributed by atoms with Crippen LogP contribution in [0.5, 0.6) is 0 Å². The number of furan rings is 1. The third-order valence-corrected chi connectivity index (χ3v) is 3.57. The monoisotopic (exact) mass is 305 g/mol. The third kappa shape index (κ3) is 3.08. The lowest BCUT2D eigenvalue weighted by Gasteiger charge is -2.26. The highest BCUT2D eigenvalue weighted by molar-refractivity contribution is 6.08. The summed E-state index contributed by atoms with van der Waals surface area (Å²) < 4.78 is 5.42. The van der Waals surface area contributed by atoms with Crippen molar-refractivity contribution in [1.29, 1.82) is 0 Å². The molecule has 5 heteroatoms. The molecule has 1 aliphatic heterocycles. The number of aliphatic hydroxyl groups is 1.